The summed E-state index contributed by atoms with van der Waals surface area (Å²) in [5.74, 6) is -0.409. The van der Waals surface area contributed by atoms with E-state index in [1.807, 2.05) is 44.4 Å². The van der Waals surface area contributed by atoms with Crippen LogP contribution >= 0.6 is 0 Å². The third kappa shape index (κ3) is 3.26. The van der Waals surface area contributed by atoms with E-state index in [1.54, 1.807) is 19.2 Å². The highest BCUT2D eigenvalue weighted by Crippen LogP contribution is 2.55. The lowest BCUT2D eigenvalue weighted by Gasteiger charge is -2.56. The number of methoxy groups -OCH3 is 1. The number of nitrogens with zero attached hydrogens (tertiary/aromatic N) is 3. The first kappa shape index (κ1) is 24.4. The molecule has 37 heavy (non-hydrogen) atoms. The fraction of sp³-hybridized carbons (Fsp3) is 0.556. The third-order valence-electron chi connectivity index (χ3n) is 8.08. The van der Waals surface area contributed by atoms with Crippen molar-refractivity contribution in [3.63, 3.8) is 0 Å². The molecule has 4 aliphatic heterocycles. The van der Waals surface area contributed by atoms with Gasteiger partial charge in [0.15, 0.2) is 6.23 Å². The van der Waals surface area contributed by atoms with Crippen molar-refractivity contribution in [1.29, 1.82) is 0 Å². The van der Waals surface area contributed by atoms with E-state index in [2.05, 4.69) is 0 Å². The highest BCUT2D eigenvalue weighted by Gasteiger charge is 2.66. The third-order valence-corrected chi connectivity index (χ3v) is 8.08. The van der Waals surface area contributed by atoms with E-state index in [-0.39, 0.29) is 12.3 Å². The van der Waals surface area contributed by atoms with Gasteiger partial charge in [0, 0.05) is 30.0 Å². The second-order valence-electron chi connectivity index (χ2n) is 11.3. The molecule has 10 heteroatoms. The van der Waals surface area contributed by atoms with Crippen LogP contribution in [0.5, 0.6) is 5.75 Å². The molecule has 0 radical (unpaired) electrons. The lowest BCUT2D eigenvalue weighted by molar-refractivity contribution is -0.390. The van der Waals surface area contributed by atoms with E-state index in [1.165, 1.54) is 9.80 Å². The molecule has 10 nitrogen and oxygen atoms in total. The fourth-order valence-corrected chi connectivity index (χ4v) is 6.54. The van der Waals surface area contributed by atoms with Gasteiger partial charge in [-0.15, -0.1) is 0 Å². The molecule has 0 unspecified atom stereocenters. The Kier molecular flexibility index (Phi) is 5.30. The lowest BCUT2D eigenvalue weighted by atomic mass is 9.79. The van der Waals surface area contributed by atoms with Crippen LogP contribution in [0.1, 0.15) is 76.6 Å². The molecular formula is C27H33N3O7. The highest BCUT2D eigenvalue weighted by atomic mass is 17.2. The van der Waals surface area contributed by atoms with Crippen molar-refractivity contribution in [2.45, 2.75) is 82.7 Å². The molecule has 1 aromatic heterocycles. The maximum atomic E-state index is 14.0. The Morgan fingerprint density at radius 1 is 1.22 bits per heavy atom. The Morgan fingerprint density at radius 2 is 1.97 bits per heavy atom. The number of aliphatic hydroxyl groups excluding tert-OH is 1. The van der Waals surface area contributed by atoms with E-state index >= 15 is 0 Å². The van der Waals surface area contributed by atoms with Gasteiger partial charge in [-0.25, -0.2) is 9.78 Å². The van der Waals surface area contributed by atoms with Crippen LogP contribution in [-0.4, -0.2) is 67.4 Å². The number of rotatable bonds is 2. The fourth-order valence-electron chi connectivity index (χ4n) is 6.54. The van der Waals surface area contributed by atoms with Gasteiger partial charge in [-0.2, -0.15) is 0 Å². The maximum absolute atomic E-state index is 14.0. The van der Waals surface area contributed by atoms with Crippen molar-refractivity contribution in [2.75, 3.05) is 13.7 Å². The predicted molar refractivity (Wildman–Crippen MR) is 132 cm³/mol. The first-order valence-electron chi connectivity index (χ1n) is 12.8. The molecule has 2 fully saturated rings. The Hall–Kier alpha value is -2.92. The van der Waals surface area contributed by atoms with Gasteiger partial charge in [-0.3, -0.25) is 14.5 Å². The smallest absolute Gasteiger partial charge is 0.279 e. The first-order valence-corrected chi connectivity index (χ1v) is 12.8. The van der Waals surface area contributed by atoms with Crippen molar-refractivity contribution < 1.29 is 34.3 Å². The SMILES string of the molecule is COc1ccc2c3c4n(c2c1)[C@@H](C=C(C)C)OOC(C)(C)C[C@@H]4N1C(=O)[C@@H]2CCCN2C(=O)[C@@]1(O)[C@H]3O. The second-order valence-corrected chi connectivity index (χ2v) is 11.3. The van der Waals surface area contributed by atoms with Crippen LogP contribution in [0.15, 0.2) is 29.8 Å². The van der Waals surface area contributed by atoms with Gasteiger partial charge in [-0.1, -0.05) is 5.57 Å². The van der Waals surface area contributed by atoms with Crippen LogP contribution in [0, 0.1) is 0 Å². The van der Waals surface area contributed by atoms with Crippen molar-refractivity contribution in [1.82, 2.24) is 14.4 Å². The number of hydrogen-bond acceptors (Lipinski definition) is 7. The molecule has 0 spiro atoms. The molecule has 5 heterocycles. The zero-order valence-corrected chi connectivity index (χ0v) is 21.7. The minimum absolute atomic E-state index is 0.232. The number of carbonyl (C=O) groups excluding carboxylic acids is 2. The second kappa shape index (κ2) is 8.04. The monoisotopic (exact) mass is 511 g/mol. The normalized spacial score (nSPS) is 32.4. The Bertz CT molecular complexity index is 1340. The molecule has 198 valence electrons. The number of benzene rings is 1. The minimum Gasteiger partial charge on any atom is -0.497 e. The molecule has 4 aliphatic rings. The summed E-state index contributed by atoms with van der Waals surface area (Å²) in [6, 6.07) is 3.99. The Morgan fingerprint density at radius 3 is 2.68 bits per heavy atom. The summed E-state index contributed by atoms with van der Waals surface area (Å²) in [5.41, 5.74) is -0.644. The van der Waals surface area contributed by atoms with Crippen LogP contribution in [0.25, 0.3) is 10.9 Å². The Balaban J connectivity index is 1.71. The van der Waals surface area contributed by atoms with E-state index in [0.29, 0.717) is 47.3 Å². The van der Waals surface area contributed by atoms with Gasteiger partial charge in [0.25, 0.3) is 11.6 Å². The zero-order chi connectivity index (χ0) is 26.4. The highest BCUT2D eigenvalue weighted by molar-refractivity contribution is 6.01. The molecular weight excluding hydrogens is 478 g/mol. The number of hydrogen-bond donors (Lipinski definition) is 2. The van der Waals surface area contributed by atoms with Crippen LogP contribution in [-0.2, 0) is 19.4 Å². The molecule has 6 rings (SSSR count). The molecule has 2 N–H and O–H groups in total. The molecule has 0 saturated carbocycles. The number of aromatic nitrogens is 1. The number of allylic oxidation sites excluding steroid dienone is 1. The van der Waals surface area contributed by atoms with Gasteiger partial charge < -0.3 is 24.4 Å². The maximum Gasteiger partial charge on any atom is 0.279 e. The number of carbonyl (C=O) groups is 2. The summed E-state index contributed by atoms with van der Waals surface area (Å²) < 4.78 is 7.38. The molecule has 2 amide bonds. The van der Waals surface area contributed by atoms with E-state index < -0.39 is 41.6 Å². The predicted octanol–water partition coefficient (Wildman–Crippen LogP) is 2.86. The first-order chi connectivity index (χ1) is 17.5. The summed E-state index contributed by atoms with van der Waals surface area (Å²) in [6.45, 7) is 7.95. The van der Waals surface area contributed by atoms with E-state index in [9.17, 15) is 19.8 Å². The van der Waals surface area contributed by atoms with E-state index in [4.69, 9.17) is 14.5 Å². The summed E-state index contributed by atoms with van der Waals surface area (Å²) in [4.78, 5) is 42.4. The largest absolute Gasteiger partial charge is 0.497 e. The molecule has 1 aromatic carbocycles. The van der Waals surface area contributed by atoms with Crippen molar-refractivity contribution >= 4 is 22.7 Å². The molecule has 0 aliphatic carbocycles. The number of fused-ring (bicyclic) bond motifs is 6. The van der Waals surface area contributed by atoms with Gasteiger partial charge in [0.1, 0.15) is 23.5 Å². The van der Waals surface area contributed by atoms with Crippen LogP contribution in [0.3, 0.4) is 0 Å². The van der Waals surface area contributed by atoms with Crippen molar-refractivity contribution in [3.05, 3.63) is 41.1 Å². The van der Waals surface area contributed by atoms with Crippen LogP contribution in [0.2, 0.25) is 0 Å². The molecule has 0 bridgehead atoms. The van der Waals surface area contributed by atoms with Crippen molar-refractivity contribution in [3.8, 4) is 5.75 Å². The molecule has 2 aromatic rings. The van der Waals surface area contributed by atoms with Gasteiger partial charge in [-0.05, 0) is 58.7 Å². The number of piperazine rings is 1. The standard InChI is InChI=1S/C27H33N3O7/c1-14(2)11-20-29-18-12-15(35-5)8-9-16(18)21-22(29)19(13-26(3,4)37-36-20)30-24(32)17-7-6-10-28(17)25(33)27(30,34)23(21)31/h8-9,11-12,17,19-20,23,31,34H,6-7,10,13H2,1-5H3/t17-,19-,20+,23-,27-/m0/s1. The van der Waals surface area contributed by atoms with Gasteiger partial charge in [0.05, 0.1) is 24.4 Å². The Labute approximate surface area is 214 Å². The number of aliphatic hydroxyl groups is 2. The van der Waals surface area contributed by atoms with Gasteiger partial charge >= 0.3 is 0 Å². The quantitative estimate of drug-likeness (QED) is 0.471. The summed E-state index contributed by atoms with van der Waals surface area (Å²) in [6.07, 6.45) is 0.922. The van der Waals surface area contributed by atoms with Gasteiger partial charge in [0.2, 0.25) is 5.91 Å². The number of amides is 2. The topological polar surface area (TPSA) is 114 Å². The van der Waals surface area contributed by atoms with Crippen molar-refractivity contribution in [2.24, 2.45) is 0 Å². The van der Waals surface area contributed by atoms with E-state index in [0.717, 1.165) is 5.57 Å². The summed E-state index contributed by atoms with van der Waals surface area (Å²) >= 11 is 0. The lowest BCUT2D eigenvalue weighted by Crippen LogP contribution is -2.74. The molecule has 5 atom stereocenters. The van der Waals surface area contributed by atoms with Crippen LogP contribution < -0.4 is 4.74 Å². The average Bonchev–Trinajstić information content (AvgIpc) is 3.46. The zero-order valence-electron chi connectivity index (χ0n) is 21.7. The molecule has 2 saturated heterocycles. The summed E-state index contributed by atoms with van der Waals surface area (Å²) in [7, 11) is 1.57. The minimum atomic E-state index is -2.43. The average molecular weight is 512 g/mol. The summed E-state index contributed by atoms with van der Waals surface area (Å²) in [5, 5.41) is 24.6. The number of ether oxygens (including phenoxy) is 1. The van der Waals surface area contributed by atoms with Crippen LogP contribution in [0.4, 0.5) is 0 Å².